The van der Waals surface area contributed by atoms with Gasteiger partial charge in [-0.15, -0.1) is 0 Å². The van der Waals surface area contributed by atoms with Crippen molar-refractivity contribution in [2.45, 2.75) is 27.2 Å². The van der Waals surface area contributed by atoms with Gasteiger partial charge in [0.25, 0.3) is 0 Å². The van der Waals surface area contributed by atoms with Crippen LogP contribution >= 0.6 is 0 Å². The zero-order valence-corrected chi connectivity index (χ0v) is 11.9. The molecule has 0 unspecified atom stereocenters. The molecule has 1 aliphatic heterocycles. The average Bonchev–Trinajstić information content (AvgIpc) is 2.31. The van der Waals surface area contributed by atoms with Crippen molar-refractivity contribution in [2.75, 3.05) is 20.3 Å². The number of aliphatic carboxylic acids is 1. The van der Waals surface area contributed by atoms with E-state index in [0.717, 1.165) is 28.0 Å². The van der Waals surface area contributed by atoms with Gasteiger partial charge in [-0.05, 0) is 55.5 Å². The van der Waals surface area contributed by atoms with Crippen LogP contribution in [0.5, 0.6) is 5.75 Å². The number of carboxylic acids is 1. The van der Waals surface area contributed by atoms with Crippen molar-refractivity contribution >= 4 is 5.97 Å². The van der Waals surface area contributed by atoms with E-state index in [0.29, 0.717) is 19.6 Å². The number of rotatable bonds is 4. The zero-order chi connectivity index (χ0) is 14.2. The van der Waals surface area contributed by atoms with Gasteiger partial charge in [0.2, 0.25) is 0 Å². The number of aryl methyl sites for hydroxylation is 1. The van der Waals surface area contributed by atoms with Gasteiger partial charge in [-0.2, -0.15) is 0 Å². The lowest BCUT2D eigenvalue weighted by molar-refractivity contribution is -0.179. The van der Waals surface area contributed by atoms with Gasteiger partial charge < -0.3 is 14.6 Å². The van der Waals surface area contributed by atoms with Crippen molar-refractivity contribution < 1.29 is 19.4 Å². The Hall–Kier alpha value is -1.55. The van der Waals surface area contributed by atoms with Crippen molar-refractivity contribution in [3.63, 3.8) is 0 Å². The van der Waals surface area contributed by atoms with Gasteiger partial charge in [0.05, 0.1) is 20.3 Å². The fourth-order valence-electron chi connectivity index (χ4n) is 2.57. The Bertz CT molecular complexity index is 515. The van der Waals surface area contributed by atoms with E-state index in [1.54, 1.807) is 7.11 Å². The number of hydrogen-bond acceptors (Lipinski definition) is 3. The van der Waals surface area contributed by atoms with Crippen LogP contribution in [-0.2, 0) is 16.0 Å². The first-order chi connectivity index (χ1) is 8.91. The molecule has 1 aromatic rings. The predicted molar refractivity (Wildman–Crippen MR) is 71.8 cm³/mol. The lowest BCUT2D eigenvalue weighted by atomic mass is 9.77. The predicted octanol–water partition coefficient (Wildman–Crippen LogP) is 2.26. The van der Waals surface area contributed by atoms with Crippen LogP contribution in [0.2, 0.25) is 0 Å². The molecule has 1 aromatic carbocycles. The van der Waals surface area contributed by atoms with Gasteiger partial charge in [-0.25, -0.2) is 0 Å². The number of hydrogen-bond donors (Lipinski definition) is 1. The molecule has 1 saturated heterocycles. The Kier molecular flexibility index (Phi) is 3.54. The molecule has 1 aliphatic rings. The standard InChI is InChI=1S/C15H20O4/c1-9-5-13(18-4)11(3)10(2)12(9)6-15(14(16)17)7-19-8-15/h5H,6-8H2,1-4H3,(H,16,17). The third-order valence-corrected chi connectivity index (χ3v) is 4.15. The van der Waals surface area contributed by atoms with E-state index >= 15 is 0 Å². The van der Waals surface area contributed by atoms with Crippen LogP contribution < -0.4 is 4.74 Å². The first kappa shape index (κ1) is 13.9. The van der Waals surface area contributed by atoms with E-state index in [9.17, 15) is 9.90 Å². The molecule has 0 spiro atoms. The molecule has 4 heteroatoms. The second kappa shape index (κ2) is 4.85. The molecule has 4 nitrogen and oxygen atoms in total. The summed E-state index contributed by atoms with van der Waals surface area (Å²) in [6.07, 6.45) is 0.519. The summed E-state index contributed by atoms with van der Waals surface area (Å²) in [5.74, 6) is 0.0824. The molecule has 0 radical (unpaired) electrons. The maximum absolute atomic E-state index is 11.4. The number of ether oxygens (including phenoxy) is 2. The van der Waals surface area contributed by atoms with E-state index in [2.05, 4.69) is 0 Å². The van der Waals surface area contributed by atoms with Crippen LogP contribution in [0.15, 0.2) is 6.07 Å². The lowest BCUT2D eigenvalue weighted by Gasteiger charge is -2.38. The number of benzene rings is 1. The van der Waals surface area contributed by atoms with Crippen LogP contribution in [0.3, 0.4) is 0 Å². The number of carboxylic acid groups (broad SMARTS) is 1. The first-order valence-corrected chi connectivity index (χ1v) is 6.36. The highest BCUT2D eigenvalue weighted by Crippen LogP contribution is 2.36. The smallest absolute Gasteiger partial charge is 0.314 e. The number of methoxy groups -OCH3 is 1. The molecule has 0 aromatic heterocycles. The van der Waals surface area contributed by atoms with E-state index in [1.807, 2.05) is 26.8 Å². The molecule has 1 N–H and O–H groups in total. The molecule has 1 fully saturated rings. The Morgan fingerprint density at radius 2 is 2.00 bits per heavy atom. The van der Waals surface area contributed by atoms with Crippen molar-refractivity contribution in [2.24, 2.45) is 5.41 Å². The Morgan fingerprint density at radius 3 is 2.42 bits per heavy atom. The lowest BCUT2D eigenvalue weighted by Crippen LogP contribution is -2.50. The van der Waals surface area contributed by atoms with Gasteiger partial charge in [0.1, 0.15) is 11.2 Å². The maximum Gasteiger partial charge on any atom is 0.314 e. The molecule has 0 atom stereocenters. The van der Waals surface area contributed by atoms with Crippen LogP contribution in [0.1, 0.15) is 22.3 Å². The van der Waals surface area contributed by atoms with Crippen molar-refractivity contribution in [1.29, 1.82) is 0 Å². The Balaban J connectivity index is 2.41. The van der Waals surface area contributed by atoms with E-state index in [-0.39, 0.29) is 0 Å². The molecule has 2 rings (SSSR count). The highest BCUT2D eigenvalue weighted by atomic mass is 16.5. The van der Waals surface area contributed by atoms with Gasteiger partial charge in [0, 0.05) is 0 Å². The normalized spacial score (nSPS) is 16.8. The van der Waals surface area contributed by atoms with Gasteiger partial charge in [0.15, 0.2) is 0 Å². The minimum Gasteiger partial charge on any atom is -0.496 e. The largest absolute Gasteiger partial charge is 0.496 e. The molecule has 104 valence electrons. The second-order valence-corrected chi connectivity index (χ2v) is 5.38. The summed E-state index contributed by atoms with van der Waals surface area (Å²) < 4.78 is 10.5. The summed E-state index contributed by atoms with van der Waals surface area (Å²) >= 11 is 0. The summed E-state index contributed by atoms with van der Waals surface area (Å²) in [7, 11) is 1.65. The highest BCUT2D eigenvalue weighted by molar-refractivity contribution is 5.76. The monoisotopic (exact) mass is 264 g/mol. The van der Waals surface area contributed by atoms with Crippen molar-refractivity contribution in [1.82, 2.24) is 0 Å². The molecule has 0 bridgehead atoms. The SMILES string of the molecule is COc1cc(C)c(CC2(C(=O)O)COC2)c(C)c1C. The van der Waals surface area contributed by atoms with E-state index in [4.69, 9.17) is 9.47 Å². The summed E-state index contributed by atoms with van der Waals surface area (Å²) in [6, 6.07) is 1.98. The molecular weight excluding hydrogens is 244 g/mol. The zero-order valence-electron chi connectivity index (χ0n) is 11.9. The second-order valence-electron chi connectivity index (χ2n) is 5.38. The minimum absolute atomic E-state index is 0.298. The molecular formula is C15H20O4. The van der Waals surface area contributed by atoms with Gasteiger partial charge >= 0.3 is 5.97 Å². The Labute approximate surface area is 113 Å². The number of carbonyl (C=O) groups is 1. The van der Waals surface area contributed by atoms with Gasteiger partial charge in [-0.1, -0.05) is 0 Å². The molecule has 19 heavy (non-hydrogen) atoms. The van der Waals surface area contributed by atoms with Crippen molar-refractivity contribution in [3.05, 3.63) is 28.3 Å². The fourth-order valence-corrected chi connectivity index (χ4v) is 2.57. The van der Waals surface area contributed by atoms with E-state index in [1.165, 1.54) is 0 Å². The molecule has 0 amide bonds. The van der Waals surface area contributed by atoms with Crippen LogP contribution in [0.4, 0.5) is 0 Å². The minimum atomic E-state index is -0.772. The summed E-state index contributed by atoms with van der Waals surface area (Å²) in [5, 5.41) is 9.39. The highest BCUT2D eigenvalue weighted by Gasteiger charge is 2.46. The van der Waals surface area contributed by atoms with Crippen LogP contribution in [0, 0.1) is 26.2 Å². The summed E-state index contributed by atoms with van der Waals surface area (Å²) in [6.45, 7) is 6.62. The molecule has 1 heterocycles. The van der Waals surface area contributed by atoms with Crippen LogP contribution in [-0.4, -0.2) is 31.4 Å². The third-order valence-electron chi connectivity index (χ3n) is 4.15. The van der Waals surface area contributed by atoms with Crippen molar-refractivity contribution in [3.8, 4) is 5.75 Å². The fraction of sp³-hybridized carbons (Fsp3) is 0.533. The quantitative estimate of drug-likeness (QED) is 0.906. The Morgan fingerprint density at radius 1 is 1.37 bits per heavy atom. The first-order valence-electron chi connectivity index (χ1n) is 6.36. The topological polar surface area (TPSA) is 55.8 Å². The summed E-state index contributed by atoms with van der Waals surface area (Å²) in [4.78, 5) is 11.4. The van der Waals surface area contributed by atoms with Gasteiger partial charge in [-0.3, -0.25) is 4.79 Å². The molecule has 0 aliphatic carbocycles. The third kappa shape index (κ3) is 2.21. The maximum atomic E-state index is 11.4. The van der Waals surface area contributed by atoms with Crippen LogP contribution in [0.25, 0.3) is 0 Å². The average molecular weight is 264 g/mol. The summed E-state index contributed by atoms with van der Waals surface area (Å²) in [5.41, 5.74) is 3.61. The van der Waals surface area contributed by atoms with E-state index < -0.39 is 11.4 Å². The molecule has 0 saturated carbocycles.